The van der Waals surface area contributed by atoms with Gasteiger partial charge in [0.2, 0.25) is 17.7 Å². The van der Waals surface area contributed by atoms with Crippen molar-refractivity contribution in [3.8, 4) is 0 Å². The van der Waals surface area contributed by atoms with Gasteiger partial charge in [0.25, 0.3) is 0 Å². The van der Waals surface area contributed by atoms with E-state index in [2.05, 4.69) is 5.32 Å². The van der Waals surface area contributed by atoms with Crippen molar-refractivity contribution >= 4 is 29.1 Å². The summed E-state index contributed by atoms with van der Waals surface area (Å²) in [6, 6.07) is 1.99. The van der Waals surface area contributed by atoms with Crippen LogP contribution in [0, 0.1) is 0 Å². The van der Waals surface area contributed by atoms with Gasteiger partial charge in [0.05, 0.1) is 5.92 Å². The van der Waals surface area contributed by atoms with Crippen LogP contribution in [-0.2, 0) is 20.8 Å². The number of aryl methyl sites for hydroxylation is 1. The highest BCUT2D eigenvalue weighted by molar-refractivity contribution is 7.10. The van der Waals surface area contributed by atoms with E-state index in [0.717, 1.165) is 24.8 Å². The summed E-state index contributed by atoms with van der Waals surface area (Å²) >= 11 is 1.68. The molecule has 1 N–H and O–H groups in total. The molecule has 1 fully saturated rings. The van der Waals surface area contributed by atoms with Gasteiger partial charge >= 0.3 is 0 Å². The summed E-state index contributed by atoms with van der Waals surface area (Å²) in [7, 11) is 0. The summed E-state index contributed by atoms with van der Waals surface area (Å²) in [5.74, 6) is -1.08. The standard InChI is InChI=1S/C13H14N2O3S/c16-11-6-15(7-12(17)14-11)13(18)9-2-1-3-10-8(9)4-5-19-10/h4-5,9H,1-3,6-7H2,(H,14,16,17). The largest absolute Gasteiger partial charge is 0.324 e. The second kappa shape index (κ2) is 4.77. The van der Waals surface area contributed by atoms with Gasteiger partial charge < -0.3 is 4.90 Å². The van der Waals surface area contributed by atoms with Crippen molar-refractivity contribution in [3.63, 3.8) is 0 Å². The van der Waals surface area contributed by atoms with Crippen molar-refractivity contribution in [3.05, 3.63) is 21.9 Å². The molecule has 0 aromatic carbocycles. The van der Waals surface area contributed by atoms with Crippen molar-refractivity contribution in [2.75, 3.05) is 13.1 Å². The van der Waals surface area contributed by atoms with Crippen LogP contribution in [-0.4, -0.2) is 35.7 Å². The van der Waals surface area contributed by atoms with Gasteiger partial charge in [-0.2, -0.15) is 0 Å². The zero-order chi connectivity index (χ0) is 13.4. The third kappa shape index (κ3) is 2.28. The van der Waals surface area contributed by atoms with E-state index in [9.17, 15) is 14.4 Å². The summed E-state index contributed by atoms with van der Waals surface area (Å²) < 4.78 is 0. The lowest BCUT2D eigenvalue weighted by Crippen LogP contribution is -2.54. The Balaban J connectivity index is 1.82. The average molecular weight is 278 g/mol. The quantitative estimate of drug-likeness (QED) is 0.767. The molecule has 0 spiro atoms. The molecule has 1 aliphatic carbocycles. The molecule has 0 bridgehead atoms. The van der Waals surface area contributed by atoms with Crippen LogP contribution in [0.3, 0.4) is 0 Å². The van der Waals surface area contributed by atoms with Crippen LogP contribution in [0.25, 0.3) is 0 Å². The number of amides is 3. The molecule has 1 aromatic heterocycles. The van der Waals surface area contributed by atoms with Gasteiger partial charge in [-0.05, 0) is 36.3 Å². The number of nitrogens with one attached hydrogen (secondary N) is 1. The molecule has 1 aliphatic heterocycles. The number of piperazine rings is 1. The number of hydrogen-bond donors (Lipinski definition) is 1. The third-order valence-electron chi connectivity index (χ3n) is 3.61. The van der Waals surface area contributed by atoms with Crippen molar-refractivity contribution in [1.82, 2.24) is 10.2 Å². The molecule has 19 heavy (non-hydrogen) atoms. The molecule has 1 saturated heterocycles. The second-order valence-electron chi connectivity index (χ2n) is 4.91. The smallest absolute Gasteiger partial charge is 0.246 e. The number of carbonyl (C=O) groups excluding carboxylic acids is 3. The van der Waals surface area contributed by atoms with E-state index in [0.29, 0.717) is 0 Å². The molecular formula is C13H14N2O3S. The minimum absolute atomic E-state index is 0.0133. The summed E-state index contributed by atoms with van der Waals surface area (Å²) in [5.41, 5.74) is 1.08. The first-order valence-electron chi connectivity index (χ1n) is 6.33. The minimum Gasteiger partial charge on any atom is -0.324 e. The normalized spacial score (nSPS) is 22.9. The molecule has 0 saturated carbocycles. The van der Waals surface area contributed by atoms with E-state index >= 15 is 0 Å². The molecule has 2 aliphatic rings. The van der Waals surface area contributed by atoms with Crippen molar-refractivity contribution in [1.29, 1.82) is 0 Å². The number of hydrogen-bond acceptors (Lipinski definition) is 4. The van der Waals surface area contributed by atoms with Gasteiger partial charge in [0.15, 0.2) is 0 Å². The molecule has 100 valence electrons. The van der Waals surface area contributed by atoms with Crippen LogP contribution >= 0.6 is 11.3 Å². The molecule has 2 heterocycles. The third-order valence-corrected chi connectivity index (χ3v) is 4.61. The monoisotopic (exact) mass is 278 g/mol. The van der Waals surface area contributed by atoms with Crippen molar-refractivity contribution in [2.24, 2.45) is 0 Å². The molecule has 1 atom stereocenters. The fourth-order valence-corrected chi connectivity index (χ4v) is 3.74. The maximum Gasteiger partial charge on any atom is 0.246 e. The zero-order valence-corrected chi connectivity index (χ0v) is 11.2. The maximum atomic E-state index is 12.5. The van der Waals surface area contributed by atoms with Gasteiger partial charge in [-0.15, -0.1) is 11.3 Å². The molecular weight excluding hydrogens is 264 g/mol. The highest BCUT2D eigenvalue weighted by Gasteiger charge is 2.34. The number of fused-ring (bicyclic) bond motifs is 1. The zero-order valence-electron chi connectivity index (χ0n) is 10.3. The number of carbonyl (C=O) groups is 3. The second-order valence-corrected chi connectivity index (χ2v) is 5.91. The lowest BCUT2D eigenvalue weighted by Gasteiger charge is -2.31. The molecule has 1 aromatic rings. The van der Waals surface area contributed by atoms with E-state index in [1.807, 2.05) is 11.4 Å². The Morgan fingerprint density at radius 1 is 1.32 bits per heavy atom. The van der Waals surface area contributed by atoms with E-state index in [1.54, 1.807) is 11.3 Å². The van der Waals surface area contributed by atoms with Gasteiger partial charge in [-0.3, -0.25) is 19.7 Å². The average Bonchev–Trinajstić information content (AvgIpc) is 2.84. The van der Waals surface area contributed by atoms with Crippen LogP contribution in [0.4, 0.5) is 0 Å². The molecule has 1 unspecified atom stereocenters. The van der Waals surface area contributed by atoms with Crippen molar-refractivity contribution in [2.45, 2.75) is 25.2 Å². The Bertz CT molecular complexity index is 536. The van der Waals surface area contributed by atoms with Crippen LogP contribution in [0.2, 0.25) is 0 Å². The minimum atomic E-state index is -0.397. The summed E-state index contributed by atoms with van der Waals surface area (Å²) in [5, 5.41) is 4.22. The Kier molecular flexibility index (Phi) is 3.10. The number of rotatable bonds is 1. The molecule has 3 amide bonds. The van der Waals surface area contributed by atoms with E-state index in [-0.39, 0.29) is 24.9 Å². The summed E-state index contributed by atoms with van der Waals surface area (Å²) in [6.45, 7) is -0.0267. The van der Waals surface area contributed by atoms with Gasteiger partial charge in [-0.25, -0.2) is 0 Å². The van der Waals surface area contributed by atoms with Crippen LogP contribution < -0.4 is 5.32 Å². The topological polar surface area (TPSA) is 66.5 Å². The van der Waals surface area contributed by atoms with Gasteiger partial charge in [0, 0.05) is 4.88 Å². The molecule has 5 nitrogen and oxygen atoms in total. The van der Waals surface area contributed by atoms with Crippen LogP contribution in [0.5, 0.6) is 0 Å². The number of thiophene rings is 1. The summed E-state index contributed by atoms with van der Waals surface area (Å²) in [4.78, 5) is 37.8. The lowest BCUT2D eigenvalue weighted by molar-refractivity contribution is -0.146. The fraction of sp³-hybridized carbons (Fsp3) is 0.462. The fourth-order valence-electron chi connectivity index (χ4n) is 2.76. The predicted octanol–water partition coefficient (Wildman–Crippen LogP) is 0.653. The highest BCUT2D eigenvalue weighted by atomic mass is 32.1. The molecule has 0 radical (unpaired) electrons. The summed E-state index contributed by atoms with van der Waals surface area (Å²) in [6.07, 6.45) is 2.81. The van der Waals surface area contributed by atoms with Crippen molar-refractivity contribution < 1.29 is 14.4 Å². The SMILES string of the molecule is O=C1CN(C(=O)C2CCCc3sccc32)CC(=O)N1. The van der Waals surface area contributed by atoms with Crippen LogP contribution in [0.15, 0.2) is 11.4 Å². The van der Waals surface area contributed by atoms with E-state index in [4.69, 9.17) is 0 Å². The Morgan fingerprint density at radius 2 is 2.05 bits per heavy atom. The Hall–Kier alpha value is -1.69. The van der Waals surface area contributed by atoms with E-state index < -0.39 is 11.8 Å². The Morgan fingerprint density at radius 3 is 2.79 bits per heavy atom. The maximum absolute atomic E-state index is 12.5. The first kappa shape index (κ1) is 12.3. The van der Waals surface area contributed by atoms with E-state index in [1.165, 1.54) is 9.78 Å². The van der Waals surface area contributed by atoms with Crippen LogP contribution in [0.1, 0.15) is 29.2 Å². The molecule has 3 rings (SSSR count). The first-order valence-corrected chi connectivity index (χ1v) is 7.21. The lowest BCUT2D eigenvalue weighted by atomic mass is 9.86. The van der Waals surface area contributed by atoms with Gasteiger partial charge in [-0.1, -0.05) is 0 Å². The highest BCUT2D eigenvalue weighted by Crippen LogP contribution is 2.36. The van der Waals surface area contributed by atoms with Gasteiger partial charge in [0.1, 0.15) is 13.1 Å². The Labute approximate surface area is 114 Å². The number of nitrogens with zero attached hydrogens (tertiary/aromatic N) is 1. The predicted molar refractivity (Wildman–Crippen MR) is 69.7 cm³/mol. The molecule has 6 heteroatoms. The first-order chi connectivity index (χ1) is 9.15. The number of imide groups is 1.